The van der Waals surface area contributed by atoms with E-state index in [4.69, 9.17) is 21.0 Å². The number of hydrogen-bond donors (Lipinski definition) is 0. The van der Waals surface area contributed by atoms with Gasteiger partial charge in [0.25, 0.3) is 0 Å². The third kappa shape index (κ3) is 4.51. The Balaban J connectivity index is 1.42. The second-order valence-electron chi connectivity index (χ2n) is 8.25. The van der Waals surface area contributed by atoms with Crippen molar-refractivity contribution in [1.29, 1.82) is 0 Å². The molecule has 0 atom stereocenters. The minimum Gasteiger partial charge on any atom is -0.662 e. The van der Waals surface area contributed by atoms with Gasteiger partial charge in [-0.1, -0.05) is 48.7 Å². The van der Waals surface area contributed by atoms with Gasteiger partial charge in [-0.15, -0.1) is 6.04 Å². The Hall–Kier alpha value is -3.16. The van der Waals surface area contributed by atoms with Crippen LogP contribution in [0.4, 0.5) is 0 Å². The molecule has 0 unspecified atom stereocenters. The molecule has 3 heterocycles. The number of likely N-dealkylation sites (tertiary alicyclic amines) is 1. The number of aromatic nitrogens is 3. The van der Waals surface area contributed by atoms with Crippen LogP contribution in [-0.2, 0) is 11.2 Å². The molecule has 1 aliphatic heterocycles. The first-order chi connectivity index (χ1) is 16.1. The predicted octanol–water partition coefficient (Wildman–Crippen LogP) is 5.26. The highest BCUT2D eigenvalue weighted by atomic mass is 35.5. The van der Waals surface area contributed by atoms with Crippen molar-refractivity contribution in [2.45, 2.75) is 31.7 Å². The van der Waals surface area contributed by atoms with Crippen molar-refractivity contribution in [2.24, 2.45) is 0 Å². The van der Waals surface area contributed by atoms with E-state index >= 15 is 0 Å². The zero-order valence-corrected chi connectivity index (χ0v) is 19.2. The molecule has 7 nitrogen and oxygen atoms in total. The van der Waals surface area contributed by atoms with Crippen LogP contribution < -0.4 is 0 Å². The van der Waals surface area contributed by atoms with Gasteiger partial charge in [-0.05, 0) is 24.3 Å². The van der Waals surface area contributed by atoms with Crippen LogP contribution in [0.25, 0.3) is 33.6 Å². The number of halogens is 1. The van der Waals surface area contributed by atoms with Crippen molar-refractivity contribution in [1.82, 2.24) is 19.4 Å². The van der Waals surface area contributed by atoms with Crippen LogP contribution in [0.5, 0.6) is 0 Å². The maximum Gasteiger partial charge on any atom is 0.308 e. The average molecular weight is 463 g/mol. The highest BCUT2D eigenvalue weighted by Gasteiger charge is 2.22. The van der Waals surface area contributed by atoms with Crippen molar-refractivity contribution in [3.8, 4) is 17.3 Å². The van der Waals surface area contributed by atoms with Gasteiger partial charge in [-0.3, -0.25) is 9.36 Å². The molecule has 0 radical (unpaired) electrons. The van der Waals surface area contributed by atoms with Crippen LogP contribution >= 0.6 is 11.6 Å². The summed E-state index contributed by atoms with van der Waals surface area (Å²) < 4.78 is 8.05. The zero-order chi connectivity index (χ0) is 22.8. The lowest BCUT2D eigenvalue weighted by atomic mass is 10.0. The first kappa shape index (κ1) is 21.7. The molecular formula is C25H25ClN5O2-. The highest BCUT2D eigenvalue weighted by molar-refractivity contribution is 6.30. The molecule has 8 heteroatoms. The Labute approximate surface area is 197 Å². The summed E-state index contributed by atoms with van der Waals surface area (Å²) in [6, 6.07) is 16.1. The summed E-state index contributed by atoms with van der Waals surface area (Å²) >= 11 is 6.09. The largest absolute Gasteiger partial charge is 0.662 e. The average Bonchev–Trinajstić information content (AvgIpc) is 3.47. The van der Waals surface area contributed by atoms with E-state index in [-0.39, 0.29) is 5.91 Å². The molecule has 0 aliphatic carbocycles. The van der Waals surface area contributed by atoms with E-state index in [0.717, 1.165) is 48.2 Å². The monoisotopic (exact) mass is 462 g/mol. The Morgan fingerprint density at radius 1 is 1.15 bits per heavy atom. The number of imidazole rings is 1. The normalized spacial score (nSPS) is 14.8. The molecule has 5 rings (SSSR count). The minimum atomic E-state index is 0.137. The smallest absolute Gasteiger partial charge is 0.308 e. The lowest BCUT2D eigenvalue weighted by Gasteiger charge is -2.38. The van der Waals surface area contributed by atoms with Gasteiger partial charge in [-0.2, -0.15) is 12.0 Å². The van der Waals surface area contributed by atoms with E-state index in [9.17, 15) is 4.79 Å². The SMILES string of the molecule is C[N-]C1CCN(C(=O)CCc2oc(-n3cnc4ccccc43)nc2-c2ccc(Cl)cc2)CC1. The number of para-hydroxylation sites is 2. The van der Waals surface area contributed by atoms with Gasteiger partial charge < -0.3 is 14.6 Å². The second kappa shape index (κ2) is 9.37. The molecule has 4 aromatic rings. The Morgan fingerprint density at radius 2 is 1.91 bits per heavy atom. The molecule has 2 aromatic heterocycles. The van der Waals surface area contributed by atoms with E-state index in [1.54, 1.807) is 6.33 Å². The topological polar surface area (TPSA) is 78.3 Å². The number of oxazole rings is 1. The van der Waals surface area contributed by atoms with Crippen molar-refractivity contribution in [3.63, 3.8) is 0 Å². The number of benzene rings is 2. The molecule has 33 heavy (non-hydrogen) atoms. The van der Waals surface area contributed by atoms with Crippen molar-refractivity contribution >= 4 is 28.5 Å². The summed E-state index contributed by atoms with van der Waals surface area (Å²) in [5.41, 5.74) is 3.39. The van der Waals surface area contributed by atoms with Gasteiger partial charge in [-0.25, -0.2) is 4.98 Å². The lowest BCUT2D eigenvalue weighted by Crippen LogP contribution is -2.39. The second-order valence-corrected chi connectivity index (χ2v) is 8.68. The van der Waals surface area contributed by atoms with Crippen molar-refractivity contribution in [3.05, 3.63) is 71.0 Å². The fraction of sp³-hybridized carbons (Fsp3) is 0.320. The zero-order valence-electron chi connectivity index (χ0n) is 18.4. The van der Waals surface area contributed by atoms with E-state index in [2.05, 4.69) is 10.3 Å². The van der Waals surface area contributed by atoms with E-state index in [0.29, 0.717) is 35.7 Å². The fourth-order valence-electron chi connectivity index (χ4n) is 4.31. The number of hydrogen-bond acceptors (Lipinski definition) is 4. The molecule has 0 saturated carbocycles. The third-order valence-corrected chi connectivity index (χ3v) is 6.46. The Bertz CT molecular complexity index is 1260. The number of rotatable bonds is 6. The molecule has 1 fully saturated rings. The Morgan fingerprint density at radius 3 is 2.67 bits per heavy atom. The van der Waals surface area contributed by atoms with Crippen LogP contribution in [0, 0.1) is 0 Å². The van der Waals surface area contributed by atoms with Gasteiger partial charge in [0.05, 0.1) is 11.0 Å². The van der Waals surface area contributed by atoms with Crippen molar-refractivity contribution < 1.29 is 9.21 Å². The maximum absolute atomic E-state index is 12.9. The van der Waals surface area contributed by atoms with E-state index in [1.807, 2.05) is 65.0 Å². The molecule has 0 bridgehead atoms. The van der Waals surface area contributed by atoms with Crippen LogP contribution in [-0.4, -0.2) is 51.5 Å². The summed E-state index contributed by atoms with van der Waals surface area (Å²) in [5, 5.41) is 5.01. The van der Waals surface area contributed by atoms with Crippen LogP contribution in [0.1, 0.15) is 25.0 Å². The molecular weight excluding hydrogens is 438 g/mol. The quantitative estimate of drug-likeness (QED) is 0.391. The number of nitrogens with zero attached hydrogens (tertiary/aromatic N) is 5. The number of aryl methyl sites for hydroxylation is 1. The number of amides is 1. The first-order valence-corrected chi connectivity index (χ1v) is 11.5. The van der Waals surface area contributed by atoms with Crippen molar-refractivity contribution in [2.75, 3.05) is 20.1 Å². The molecule has 0 N–H and O–H groups in total. The minimum absolute atomic E-state index is 0.137. The summed E-state index contributed by atoms with van der Waals surface area (Å²) in [6.45, 7) is 1.52. The Kier molecular flexibility index (Phi) is 6.15. The molecule has 1 aliphatic rings. The lowest BCUT2D eigenvalue weighted by molar-refractivity contribution is -0.132. The van der Waals surface area contributed by atoms with Gasteiger partial charge in [0, 0.05) is 36.5 Å². The van der Waals surface area contributed by atoms with Crippen LogP contribution in [0.15, 0.2) is 59.3 Å². The van der Waals surface area contributed by atoms with Gasteiger partial charge in [0.15, 0.2) is 0 Å². The van der Waals surface area contributed by atoms with Crippen LogP contribution in [0.2, 0.25) is 5.02 Å². The molecule has 2 aromatic carbocycles. The van der Waals surface area contributed by atoms with Gasteiger partial charge >= 0.3 is 6.01 Å². The summed E-state index contributed by atoms with van der Waals surface area (Å²) in [7, 11) is 1.85. The van der Waals surface area contributed by atoms with Crippen LogP contribution in [0.3, 0.4) is 0 Å². The molecule has 170 valence electrons. The standard InChI is InChI=1S/C25H25ClN5O2/c1-27-19-12-14-30(15-13-19)23(32)11-10-22-24(17-6-8-18(26)9-7-17)29-25(33-22)31-16-28-20-4-2-3-5-21(20)31/h2-9,16,19H,10-15H2,1H3/q-1. The first-order valence-electron chi connectivity index (χ1n) is 11.2. The molecule has 0 spiro atoms. The van der Waals surface area contributed by atoms with E-state index in [1.165, 1.54) is 0 Å². The van der Waals surface area contributed by atoms with E-state index < -0.39 is 0 Å². The number of carbonyl (C=O) groups is 1. The third-order valence-electron chi connectivity index (χ3n) is 6.21. The predicted molar refractivity (Wildman–Crippen MR) is 129 cm³/mol. The highest BCUT2D eigenvalue weighted by Crippen LogP contribution is 2.29. The molecule has 1 amide bonds. The van der Waals surface area contributed by atoms with Gasteiger partial charge in [0.2, 0.25) is 5.91 Å². The number of fused-ring (bicyclic) bond motifs is 1. The number of carbonyl (C=O) groups excluding carboxylic acids is 1. The maximum atomic E-state index is 12.9. The van der Waals surface area contributed by atoms with Gasteiger partial charge in [0.1, 0.15) is 17.8 Å². The summed E-state index contributed by atoms with van der Waals surface area (Å²) in [4.78, 5) is 24.0. The summed E-state index contributed by atoms with van der Waals surface area (Å²) in [5.74, 6) is 0.814. The summed E-state index contributed by atoms with van der Waals surface area (Å²) in [6.07, 6.45) is 4.40. The fourth-order valence-corrected chi connectivity index (χ4v) is 4.43. The molecule has 1 saturated heterocycles. The number of piperidine rings is 1.